The molecule has 0 saturated carbocycles. The van der Waals surface area contributed by atoms with Gasteiger partial charge in [0.05, 0.1) is 12.6 Å². The van der Waals surface area contributed by atoms with Crippen LogP contribution in [0.5, 0.6) is 0 Å². The Labute approximate surface area is 98.9 Å². The number of carbonyl (C=O) groups is 1. The molecule has 0 aromatic heterocycles. The fraction of sp³-hybridized carbons (Fsp3) is 0.917. The summed E-state index contributed by atoms with van der Waals surface area (Å²) >= 11 is 0. The molecule has 0 rings (SSSR count). The maximum atomic E-state index is 11.5. The Balaban J connectivity index is 3.57. The third-order valence-corrected chi connectivity index (χ3v) is 2.56. The van der Waals surface area contributed by atoms with Crippen LogP contribution in [0.1, 0.15) is 34.1 Å². The molecule has 0 heterocycles. The molecule has 16 heavy (non-hydrogen) atoms. The summed E-state index contributed by atoms with van der Waals surface area (Å²) in [7, 11) is 0. The van der Waals surface area contributed by atoms with Gasteiger partial charge in [0.2, 0.25) is 5.91 Å². The lowest BCUT2D eigenvalue weighted by atomic mass is 9.99. The van der Waals surface area contributed by atoms with Crippen molar-refractivity contribution in [2.45, 2.75) is 40.2 Å². The Morgan fingerprint density at radius 1 is 1.38 bits per heavy atom. The average Bonchev–Trinajstić information content (AvgIpc) is 2.25. The van der Waals surface area contributed by atoms with Crippen LogP contribution >= 0.6 is 0 Å². The summed E-state index contributed by atoms with van der Waals surface area (Å²) in [5.41, 5.74) is 5.78. The largest absolute Gasteiger partial charge is 0.379 e. The fourth-order valence-corrected chi connectivity index (χ4v) is 1.20. The van der Waals surface area contributed by atoms with Gasteiger partial charge in [-0.05, 0) is 11.8 Å². The molecule has 0 aromatic rings. The van der Waals surface area contributed by atoms with E-state index in [1.807, 2.05) is 13.8 Å². The van der Waals surface area contributed by atoms with Gasteiger partial charge < -0.3 is 15.8 Å². The lowest BCUT2D eigenvalue weighted by Crippen LogP contribution is -2.45. The van der Waals surface area contributed by atoms with E-state index in [2.05, 4.69) is 19.2 Å². The van der Waals surface area contributed by atoms with E-state index in [1.54, 1.807) is 0 Å². The molecular formula is C12H26N2O2. The smallest absolute Gasteiger partial charge is 0.237 e. The van der Waals surface area contributed by atoms with Crippen molar-refractivity contribution in [3.8, 4) is 0 Å². The molecule has 0 aliphatic rings. The lowest BCUT2D eigenvalue weighted by Gasteiger charge is -2.17. The summed E-state index contributed by atoms with van der Waals surface area (Å²) in [6.45, 7) is 10.0. The first-order chi connectivity index (χ1) is 7.49. The first-order valence-corrected chi connectivity index (χ1v) is 6.10. The standard InChI is InChI=1S/C12H26N2O2/c1-5-10(4)11(13)12(15)14-6-7-16-8-9(2)3/h9-11H,5-8,13H2,1-4H3,(H,14,15)/t10-,11-/m0/s1. The number of nitrogens with one attached hydrogen (secondary N) is 1. The molecule has 0 aliphatic carbocycles. The molecule has 2 atom stereocenters. The molecule has 0 radical (unpaired) electrons. The summed E-state index contributed by atoms with van der Waals surface area (Å²) in [5.74, 6) is 0.664. The Morgan fingerprint density at radius 3 is 2.50 bits per heavy atom. The zero-order chi connectivity index (χ0) is 12.6. The molecule has 4 nitrogen and oxygen atoms in total. The van der Waals surface area contributed by atoms with Gasteiger partial charge in [-0.3, -0.25) is 4.79 Å². The van der Waals surface area contributed by atoms with Gasteiger partial charge in [-0.2, -0.15) is 0 Å². The van der Waals surface area contributed by atoms with E-state index in [-0.39, 0.29) is 11.8 Å². The predicted octanol–water partition coefficient (Wildman–Crippen LogP) is 1.15. The van der Waals surface area contributed by atoms with Crippen molar-refractivity contribution in [3.05, 3.63) is 0 Å². The van der Waals surface area contributed by atoms with Crippen LogP contribution in [0.25, 0.3) is 0 Å². The molecular weight excluding hydrogens is 204 g/mol. The quantitative estimate of drug-likeness (QED) is 0.615. The molecule has 0 unspecified atom stereocenters. The minimum atomic E-state index is -0.407. The molecule has 3 N–H and O–H groups in total. The molecule has 0 aromatic carbocycles. The number of hydrogen-bond acceptors (Lipinski definition) is 3. The van der Waals surface area contributed by atoms with Crippen LogP contribution in [0.15, 0.2) is 0 Å². The van der Waals surface area contributed by atoms with Gasteiger partial charge >= 0.3 is 0 Å². The Morgan fingerprint density at radius 2 is 2.00 bits per heavy atom. The van der Waals surface area contributed by atoms with Crippen LogP contribution in [0.3, 0.4) is 0 Å². The average molecular weight is 230 g/mol. The van der Waals surface area contributed by atoms with Crippen LogP contribution < -0.4 is 11.1 Å². The van der Waals surface area contributed by atoms with Crippen molar-refractivity contribution in [2.75, 3.05) is 19.8 Å². The fourth-order valence-electron chi connectivity index (χ4n) is 1.20. The zero-order valence-corrected chi connectivity index (χ0v) is 11.0. The van der Waals surface area contributed by atoms with Crippen molar-refractivity contribution < 1.29 is 9.53 Å². The second-order valence-corrected chi connectivity index (χ2v) is 4.67. The third-order valence-electron chi connectivity index (χ3n) is 2.56. The van der Waals surface area contributed by atoms with Gasteiger partial charge in [-0.15, -0.1) is 0 Å². The number of hydrogen-bond donors (Lipinski definition) is 2. The van der Waals surface area contributed by atoms with E-state index in [1.165, 1.54) is 0 Å². The second-order valence-electron chi connectivity index (χ2n) is 4.67. The normalized spacial score (nSPS) is 14.9. The van der Waals surface area contributed by atoms with Crippen molar-refractivity contribution >= 4 is 5.91 Å². The Kier molecular flexibility index (Phi) is 8.21. The van der Waals surface area contributed by atoms with Crippen molar-refractivity contribution in [1.82, 2.24) is 5.32 Å². The van der Waals surface area contributed by atoms with Crippen LogP contribution in [0.4, 0.5) is 0 Å². The van der Waals surface area contributed by atoms with E-state index in [0.717, 1.165) is 13.0 Å². The number of ether oxygens (including phenoxy) is 1. The lowest BCUT2D eigenvalue weighted by molar-refractivity contribution is -0.123. The molecule has 0 bridgehead atoms. The van der Waals surface area contributed by atoms with Crippen LogP contribution in [-0.2, 0) is 9.53 Å². The van der Waals surface area contributed by atoms with Crippen LogP contribution in [-0.4, -0.2) is 31.7 Å². The minimum Gasteiger partial charge on any atom is -0.379 e. The van der Waals surface area contributed by atoms with Gasteiger partial charge in [-0.25, -0.2) is 0 Å². The zero-order valence-electron chi connectivity index (χ0n) is 11.0. The van der Waals surface area contributed by atoms with Gasteiger partial charge in [-0.1, -0.05) is 34.1 Å². The molecule has 4 heteroatoms. The van der Waals surface area contributed by atoms with E-state index in [0.29, 0.717) is 19.1 Å². The molecule has 96 valence electrons. The Hall–Kier alpha value is -0.610. The van der Waals surface area contributed by atoms with Crippen molar-refractivity contribution in [3.63, 3.8) is 0 Å². The molecule has 0 aliphatic heterocycles. The van der Waals surface area contributed by atoms with Crippen LogP contribution in [0, 0.1) is 11.8 Å². The van der Waals surface area contributed by atoms with E-state index in [4.69, 9.17) is 10.5 Å². The molecule has 0 fully saturated rings. The van der Waals surface area contributed by atoms with Gasteiger partial charge in [0, 0.05) is 13.2 Å². The maximum Gasteiger partial charge on any atom is 0.237 e. The molecule has 0 saturated heterocycles. The number of rotatable bonds is 8. The number of amides is 1. The summed E-state index contributed by atoms with van der Waals surface area (Å²) in [5, 5.41) is 2.78. The molecule has 0 spiro atoms. The first-order valence-electron chi connectivity index (χ1n) is 6.10. The highest BCUT2D eigenvalue weighted by molar-refractivity contribution is 5.81. The second kappa shape index (κ2) is 8.53. The highest BCUT2D eigenvalue weighted by atomic mass is 16.5. The number of nitrogens with two attached hydrogens (primary N) is 1. The van der Waals surface area contributed by atoms with Crippen molar-refractivity contribution in [2.24, 2.45) is 17.6 Å². The van der Waals surface area contributed by atoms with Gasteiger partial charge in [0.15, 0.2) is 0 Å². The monoisotopic (exact) mass is 230 g/mol. The minimum absolute atomic E-state index is 0.0810. The van der Waals surface area contributed by atoms with Crippen LogP contribution in [0.2, 0.25) is 0 Å². The third kappa shape index (κ3) is 6.80. The number of carbonyl (C=O) groups excluding carboxylic acids is 1. The van der Waals surface area contributed by atoms with E-state index in [9.17, 15) is 4.79 Å². The highest BCUT2D eigenvalue weighted by Gasteiger charge is 2.18. The van der Waals surface area contributed by atoms with Gasteiger partial charge in [0.25, 0.3) is 0 Å². The SMILES string of the molecule is CC[C@H](C)[C@H](N)C(=O)NCCOCC(C)C. The summed E-state index contributed by atoms with van der Waals surface area (Å²) in [6, 6.07) is -0.407. The summed E-state index contributed by atoms with van der Waals surface area (Å²) in [4.78, 5) is 11.5. The summed E-state index contributed by atoms with van der Waals surface area (Å²) in [6.07, 6.45) is 0.915. The van der Waals surface area contributed by atoms with E-state index >= 15 is 0 Å². The first kappa shape index (κ1) is 15.4. The Bertz CT molecular complexity index is 195. The van der Waals surface area contributed by atoms with Gasteiger partial charge in [0.1, 0.15) is 0 Å². The predicted molar refractivity (Wildman–Crippen MR) is 66.1 cm³/mol. The van der Waals surface area contributed by atoms with Crippen molar-refractivity contribution in [1.29, 1.82) is 0 Å². The highest BCUT2D eigenvalue weighted by Crippen LogP contribution is 2.04. The maximum absolute atomic E-state index is 11.5. The summed E-state index contributed by atoms with van der Waals surface area (Å²) < 4.78 is 5.36. The molecule has 1 amide bonds. The topological polar surface area (TPSA) is 64.4 Å². The van der Waals surface area contributed by atoms with E-state index < -0.39 is 6.04 Å².